The van der Waals surface area contributed by atoms with Gasteiger partial charge in [0.2, 0.25) is 5.91 Å². The number of carboxylic acids is 1. The monoisotopic (exact) mass is 370 g/mol. The van der Waals surface area contributed by atoms with E-state index in [1.165, 1.54) is 0 Å². The first-order valence-electron chi connectivity index (χ1n) is 7.02. The van der Waals surface area contributed by atoms with Crippen LogP contribution in [-0.4, -0.2) is 22.9 Å². The van der Waals surface area contributed by atoms with E-state index in [9.17, 15) is 14.4 Å². The van der Waals surface area contributed by atoms with Crippen molar-refractivity contribution in [1.29, 1.82) is 0 Å². The normalized spacial score (nSPS) is 11.5. The zero-order valence-electron chi connectivity index (χ0n) is 12.3. The van der Waals surface area contributed by atoms with Crippen molar-refractivity contribution in [2.75, 3.05) is 0 Å². The predicted octanol–water partition coefficient (Wildman–Crippen LogP) is 2.49. The summed E-state index contributed by atoms with van der Waals surface area (Å²) in [5.41, 5.74) is 5.00. The molecule has 0 aliphatic rings. The summed E-state index contributed by atoms with van der Waals surface area (Å²) in [5, 5.41) is 9.01. The van der Waals surface area contributed by atoms with Gasteiger partial charge in [-0.05, 0) is 40.9 Å². The number of hydrogen-bond donors (Lipinski definition) is 3. The highest BCUT2D eigenvalue weighted by molar-refractivity contribution is 9.10. The van der Waals surface area contributed by atoms with E-state index in [1.54, 1.807) is 24.3 Å². The van der Waals surface area contributed by atoms with Crippen LogP contribution in [0, 0.1) is 5.92 Å². The number of halogens is 1. The molecule has 0 radical (unpaired) electrons. The second-order valence-corrected chi connectivity index (χ2v) is 5.70. The van der Waals surface area contributed by atoms with E-state index in [0.717, 1.165) is 6.42 Å². The Bertz CT molecular complexity index is 548. The molecule has 2 amide bonds. The Morgan fingerprint density at radius 3 is 2.45 bits per heavy atom. The minimum atomic E-state index is -0.896. The zero-order chi connectivity index (χ0) is 16.5. The predicted molar refractivity (Wildman–Crippen MR) is 85.0 cm³/mol. The Morgan fingerprint density at radius 1 is 1.18 bits per heavy atom. The fourth-order valence-corrected chi connectivity index (χ4v) is 2.41. The largest absolute Gasteiger partial charge is 0.481 e. The fourth-order valence-electron chi connectivity index (χ4n) is 1.95. The molecule has 3 N–H and O–H groups in total. The molecule has 0 fully saturated rings. The molecule has 1 rings (SSSR count). The summed E-state index contributed by atoms with van der Waals surface area (Å²) in [7, 11) is 0. The van der Waals surface area contributed by atoms with Crippen molar-refractivity contribution in [2.24, 2.45) is 5.92 Å². The van der Waals surface area contributed by atoms with Crippen molar-refractivity contribution < 1.29 is 19.5 Å². The molecule has 0 bridgehead atoms. The van der Waals surface area contributed by atoms with E-state index in [4.69, 9.17) is 5.11 Å². The van der Waals surface area contributed by atoms with Gasteiger partial charge in [-0.1, -0.05) is 25.5 Å². The molecule has 120 valence electrons. The van der Waals surface area contributed by atoms with Crippen LogP contribution < -0.4 is 10.9 Å². The molecule has 6 nitrogen and oxygen atoms in total. The number of aliphatic carboxylic acids is 1. The first kappa shape index (κ1) is 18.2. The van der Waals surface area contributed by atoms with Crippen molar-refractivity contribution in [1.82, 2.24) is 10.9 Å². The Labute approximate surface area is 137 Å². The highest BCUT2D eigenvalue weighted by Crippen LogP contribution is 2.15. The third-order valence-corrected chi connectivity index (χ3v) is 3.83. The van der Waals surface area contributed by atoms with Crippen LogP contribution in [0.1, 0.15) is 43.0 Å². The van der Waals surface area contributed by atoms with E-state index in [0.29, 0.717) is 16.5 Å². The van der Waals surface area contributed by atoms with Crippen molar-refractivity contribution in [3.05, 3.63) is 34.3 Å². The molecule has 1 aromatic carbocycles. The van der Waals surface area contributed by atoms with Gasteiger partial charge in [0.15, 0.2) is 0 Å². The van der Waals surface area contributed by atoms with Gasteiger partial charge in [-0.2, -0.15) is 0 Å². The number of benzene rings is 1. The van der Waals surface area contributed by atoms with Crippen LogP contribution in [0.4, 0.5) is 0 Å². The van der Waals surface area contributed by atoms with Gasteiger partial charge in [0, 0.05) is 10.9 Å². The van der Waals surface area contributed by atoms with Gasteiger partial charge in [0.05, 0.1) is 11.5 Å². The number of nitrogens with one attached hydrogen (secondary N) is 2. The second-order valence-electron chi connectivity index (χ2n) is 4.84. The average molecular weight is 371 g/mol. The SMILES string of the molecule is CCC[C@H](CCC(=O)NNC(=O)c1ccccc1Br)C(=O)O. The number of carbonyl (C=O) groups excluding carboxylic acids is 2. The highest BCUT2D eigenvalue weighted by atomic mass is 79.9. The summed E-state index contributed by atoms with van der Waals surface area (Å²) in [6.45, 7) is 1.90. The Hall–Kier alpha value is -1.89. The van der Waals surface area contributed by atoms with Gasteiger partial charge in [0.25, 0.3) is 5.91 Å². The second kappa shape index (κ2) is 9.19. The van der Waals surface area contributed by atoms with Gasteiger partial charge in [-0.25, -0.2) is 0 Å². The number of carbonyl (C=O) groups is 3. The molecular formula is C15H19BrN2O4. The molecule has 0 unspecified atom stereocenters. The van der Waals surface area contributed by atoms with E-state index < -0.39 is 23.7 Å². The molecule has 0 heterocycles. The lowest BCUT2D eigenvalue weighted by molar-refractivity contribution is -0.142. The molecule has 0 aliphatic carbocycles. The lowest BCUT2D eigenvalue weighted by atomic mass is 9.98. The van der Waals surface area contributed by atoms with Gasteiger partial charge in [0.1, 0.15) is 0 Å². The number of hydrogen-bond acceptors (Lipinski definition) is 3. The van der Waals surface area contributed by atoms with Gasteiger partial charge in [-0.3, -0.25) is 25.2 Å². The maximum atomic E-state index is 11.9. The zero-order valence-corrected chi connectivity index (χ0v) is 13.9. The van der Waals surface area contributed by atoms with Crippen LogP contribution in [0.3, 0.4) is 0 Å². The lowest BCUT2D eigenvalue weighted by Gasteiger charge is -2.11. The topological polar surface area (TPSA) is 95.5 Å². The summed E-state index contributed by atoms with van der Waals surface area (Å²) in [5.74, 6) is -2.28. The third kappa shape index (κ3) is 5.85. The molecule has 22 heavy (non-hydrogen) atoms. The minimum Gasteiger partial charge on any atom is -0.481 e. The Balaban J connectivity index is 2.41. The molecule has 0 saturated heterocycles. The molecule has 1 atom stereocenters. The molecule has 0 saturated carbocycles. The van der Waals surface area contributed by atoms with Crippen LogP contribution >= 0.6 is 15.9 Å². The molecule has 7 heteroatoms. The van der Waals surface area contributed by atoms with Crippen LogP contribution in [0.2, 0.25) is 0 Å². The fraction of sp³-hybridized carbons (Fsp3) is 0.400. The van der Waals surface area contributed by atoms with E-state index in [1.807, 2.05) is 6.92 Å². The number of carboxylic acid groups (broad SMARTS) is 1. The quantitative estimate of drug-likeness (QED) is 0.642. The Kier molecular flexibility index (Phi) is 7.59. The van der Waals surface area contributed by atoms with Gasteiger partial charge >= 0.3 is 5.97 Å². The first-order valence-corrected chi connectivity index (χ1v) is 7.81. The number of hydrazine groups is 1. The van der Waals surface area contributed by atoms with Gasteiger partial charge in [-0.15, -0.1) is 0 Å². The summed E-state index contributed by atoms with van der Waals surface area (Å²) >= 11 is 3.25. The first-order chi connectivity index (χ1) is 10.5. The summed E-state index contributed by atoms with van der Waals surface area (Å²) in [4.78, 5) is 34.5. The molecule has 0 aliphatic heterocycles. The minimum absolute atomic E-state index is 0.0488. The summed E-state index contributed by atoms with van der Waals surface area (Å²) in [6, 6.07) is 6.83. The van der Waals surface area contributed by atoms with Crippen LogP contribution in [0.5, 0.6) is 0 Å². The average Bonchev–Trinajstić information content (AvgIpc) is 2.49. The van der Waals surface area contributed by atoms with Crippen molar-refractivity contribution in [2.45, 2.75) is 32.6 Å². The third-order valence-electron chi connectivity index (χ3n) is 3.14. The van der Waals surface area contributed by atoms with E-state index in [-0.39, 0.29) is 12.8 Å². The van der Waals surface area contributed by atoms with Crippen molar-refractivity contribution in [3.63, 3.8) is 0 Å². The molecule has 0 spiro atoms. The van der Waals surface area contributed by atoms with E-state index in [2.05, 4.69) is 26.8 Å². The maximum Gasteiger partial charge on any atom is 0.306 e. The lowest BCUT2D eigenvalue weighted by Crippen LogP contribution is -2.41. The van der Waals surface area contributed by atoms with Gasteiger partial charge < -0.3 is 5.11 Å². The molecule has 0 aromatic heterocycles. The Morgan fingerprint density at radius 2 is 1.86 bits per heavy atom. The van der Waals surface area contributed by atoms with Crippen molar-refractivity contribution in [3.8, 4) is 0 Å². The van der Waals surface area contributed by atoms with E-state index >= 15 is 0 Å². The highest BCUT2D eigenvalue weighted by Gasteiger charge is 2.18. The van der Waals surface area contributed by atoms with Crippen molar-refractivity contribution >= 4 is 33.7 Å². The van der Waals surface area contributed by atoms with Crippen LogP contribution in [-0.2, 0) is 9.59 Å². The summed E-state index contributed by atoms with van der Waals surface area (Å²) in [6.07, 6.45) is 1.58. The maximum absolute atomic E-state index is 11.9. The molecule has 1 aromatic rings. The van der Waals surface area contributed by atoms with Crippen LogP contribution in [0.15, 0.2) is 28.7 Å². The number of amides is 2. The smallest absolute Gasteiger partial charge is 0.306 e. The standard InChI is InChI=1S/C15H19BrN2O4/c1-2-5-10(15(21)22)8-9-13(19)17-18-14(20)11-6-3-4-7-12(11)16/h3-4,6-7,10H,2,5,8-9H2,1H3,(H,17,19)(H,18,20)(H,21,22)/t10-/m1/s1. The van der Waals surface area contributed by atoms with Crippen LogP contribution in [0.25, 0.3) is 0 Å². The molecular weight excluding hydrogens is 352 g/mol. The number of rotatable bonds is 7. The summed E-state index contributed by atoms with van der Waals surface area (Å²) < 4.78 is 0.621.